The first-order valence-corrected chi connectivity index (χ1v) is 6.51. The Morgan fingerprint density at radius 1 is 1.12 bits per heavy atom. The van der Waals surface area contributed by atoms with Gasteiger partial charge >= 0.3 is 5.97 Å². The highest BCUT2D eigenvalue weighted by Crippen LogP contribution is 2.11. The lowest BCUT2D eigenvalue weighted by atomic mass is 10.2. The lowest BCUT2D eigenvalue weighted by Crippen LogP contribution is -2.43. The first-order chi connectivity index (χ1) is 11.5. The monoisotopic (exact) mass is 333 g/mol. The zero-order chi connectivity index (χ0) is 17.5. The molecule has 124 valence electrons. The normalized spacial score (nSPS) is 9.83. The molecule has 0 spiro atoms. The fourth-order valence-corrected chi connectivity index (χ4v) is 1.57. The minimum atomic E-state index is -0.822. The van der Waals surface area contributed by atoms with Crippen LogP contribution in [0.2, 0.25) is 0 Å². The van der Waals surface area contributed by atoms with Crippen LogP contribution in [0.25, 0.3) is 0 Å². The average Bonchev–Trinajstić information content (AvgIpc) is 3.12. The number of amides is 2. The van der Waals surface area contributed by atoms with Gasteiger partial charge in [0.15, 0.2) is 6.61 Å². The van der Waals surface area contributed by atoms with Crippen molar-refractivity contribution in [2.24, 2.45) is 0 Å². The topological polar surface area (TPSA) is 141 Å². The molecule has 0 saturated carbocycles. The number of non-ortho nitro benzene ring substituents is 1. The number of carbonyl (C=O) groups excluding carboxylic acids is 3. The smallest absolute Gasteiger partial charge is 0.374 e. The molecule has 0 bridgehead atoms. The minimum absolute atomic E-state index is 0.0577. The van der Waals surface area contributed by atoms with E-state index in [1.54, 1.807) is 0 Å². The standard InChI is InChI=1S/C14H11N3O7/c18-12(8-24-14(20)11-2-1-7-23-11)15-16-13(19)9-3-5-10(6-4-9)17(21)22/h1-7H,8H2,(H,15,18)(H,16,19). The number of hydrazine groups is 1. The van der Waals surface area contributed by atoms with Gasteiger partial charge in [-0.25, -0.2) is 4.79 Å². The summed E-state index contributed by atoms with van der Waals surface area (Å²) in [6.07, 6.45) is 1.28. The van der Waals surface area contributed by atoms with Crippen LogP contribution in [0.15, 0.2) is 47.1 Å². The molecule has 1 aromatic carbocycles. The summed E-state index contributed by atoms with van der Waals surface area (Å²) in [6.45, 7) is -0.625. The number of ether oxygens (including phenoxy) is 1. The number of nitrogens with one attached hydrogen (secondary N) is 2. The van der Waals surface area contributed by atoms with Crippen molar-refractivity contribution in [3.05, 3.63) is 64.1 Å². The van der Waals surface area contributed by atoms with Crippen molar-refractivity contribution < 1.29 is 28.5 Å². The average molecular weight is 333 g/mol. The molecule has 0 aliphatic carbocycles. The van der Waals surface area contributed by atoms with Crippen molar-refractivity contribution in [2.75, 3.05) is 6.61 Å². The third kappa shape index (κ3) is 4.40. The summed E-state index contributed by atoms with van der Waals surface area (Å²) in [5, 5.41) is 10.5. The molecule has 0 aliphatic heterocycles. The molecule has 0 saturated heterocycles. The van der Waals surface area contributed by atoms with E-state index < -0.39 is 29.3 Å². The maximum atomic E-state index is 11.7. The Kier molecular flexibility index (Phi) is 5.24. The fraction of sp³-hybridized carbons (Fsp3) is 0.0714. The Morgan fingerprint density at radius 2 is 1.83 bits per heavy atom. The Morgan fingerprint density at radius 3 is 2.42 bits per heavy atom. The molecular weight excluding hydrogens is 322 g/mol. The van der Waals surface area contributed by atoms with Crippen LogP contribution < -0.4 is 10.9 Å². The van der Waals surface area contributed by atoms with Gasteiger partial charge in [0.05, 0.1) is 11.2 Å². The number of hydrogen-bond acceptors (Lipinski definition) is 7. The zero-order valence-corrected chi connectivity index (χ0v) is 12.1. The third-order valence-corrected chi connectivity index (χ3v) is 2.71. The maximum Gasteiger partial charge on any atom is 0.374 e. The second-order valence-electron chi connectivity index (χ2n) is 4.36. The number of benzene rings is 1. The number of nitro groups is 1. The number of nitro benzene ring substituents is 1. The fourth-order valence-electron chi connectivity index (χ4n) is 1.57. The molecule has 0 aliphatic rings. The van der Waals surface area contributed by atoms with E-state index in [1.165, 1.54) is 30.5 Å². The summed E-state index contributed by atoms with van der Waals surface area (Å²) in [7, 11) is 0. The van der Waals surface area contributed by atoms with Gasteiger partial charge in [0.25, 0.3) is 17.5 Å². The minimum Gasteiger partial charge on any atom is -0.457 e. The van der Waals surface area contributed by atoms with Gasteiger partial charge in [0.1, 0.15) is 0 Å². The summed E-state index contributed by atoms with van der Waals surface area (Å²) in [4.78, 5) is 44.5. The van der Waals surface area contributed by atoms with Crippen molar-refractivity contribution in [1.82, 2.24) is 10.9 Å². The molecule has 1 heterocycles. The predicted octanol–water partition coefficient (Wildman–Crippen LogP) is 0.806. The molecule has 0 atom stereocenters. The van der Waals surface area contributed by atoms with Gasteiger partial charge in [0, 0.05) is 17.7 Å². The van der Waals surface area contributed by atoms with Crippen LogP contribution >= 0.6 is 0 Å². The number of rotatable bonds is 5. The Labute approximate surface area is 134 Å². The maximum absolute atomic E-state index is 11.7. The van der Waals surface area contributed by atoms with Gasteiger partial charge in [-0.2, -0.15) is 0 Å². The number of hydrogen-bond donors (Lipinski definition) is 2. The number of nitrogens with zero attached hydrogens (tertiary/aromatic N) is 1. The molecular formula is C14H11N3O7. The van der Waals surface area contributed by atoms with Gasteiger partial charge in [0.2, 0.25) is 5.76 Å². The quantitative estimate of drug-likeness (QED) is 0.468. The van der Waals surface area contributed by atoms with Crippen LogP contribution in [-0.4, -0.2) is 29.3 Å². The van der Waals surface area contributed by atoms with Gasteiger partial charge in [-0.05, 0) is 24.3 Å². The number of furan rings is 1. The number of esters is 1. The third-order valence-electron chi connectivity index (χ3n) is 2.71. The van der Waals surface area contributed by atoms with Crippen LogP contribution in [0, 0.1) is 10.1 Å². The highest BCUT2D eigenvalue weighted by Gasteiger charge is 2.14. The Bertz CT molecular complexity index is 753. The van der Waals surface area contributed by atoms with Crippen molar-refractivity contribution in [3.8, 4) is 0 Å². The van der Waals surface area contributed by atoms with Gasteiger partial charge < -0.3 is 9.15 Å². The summed E-state index contributed by atoms with van der Waals surface area (Å²) < 4.78 is 9.44. The van der Waals surface area contributed by atoms with E-state index in [2.05, 4.69) is 10.2 Å². The predicted molar refractivity (Wildman–Crippen MR) is 77.7 cm³/mol. The second-order valence-corrected chi connectivity index (χ2v) is 4.36. The van der Waals surface area contributed by atoms with Crippen LogP contribution in [0.5, 0.6) is 0 Å². The molecule has 0 radical (unpaired) electrons. The van der Waals surface area contributed by atoms with Crippen molar-refractivity contribution in [3.63, 3.8) is 0 Å². The van der Waals surface area contributed by atoms with Gasteiger partial charge in [-0.3, -0.25) is 30.6 Å². The molecule has 2 aromatic rings. The van der Waals surface area contributed by atoms with Crippen molar-refractivity contribution >= 4 is 23.5 Å². The Hall–Kier alpha value is -3.69. The number of carbonyl (C=O) groups is 3. The summed E-state index contributed by atoms with van der Waals surface area (Å²) in [6, 6.07) is 7.63. The van der Waals surface area contributed by atoms with E-state index >= 15 is 0 Å². The van der Waals surface area contributed by atoms with Crippen molar-refractivity contribution in [2.45, 2.75) is 0 Å². The Balaban J connectivity index is 1.77. The first kappa shape index (κ1) is 16.7. The first-order valence-electron chi connectivity index (χ1n) is 6.51. The van der Waals surface area contributed by atoms with E-state index in [4.69, 9.17) is 4.42 Å². The molecule has 2 N–H and O–H groups in total. The van der Waals surface area contributed by atoms with Crippen LogP contribution in [0.1, 0.15) is 20.9 Å². The molecule has 0 fully saturated rings. The lowest BCUT2D eigenvalue weighted by Gasteiger charge is -2.07. The highest BCUT2D eigenvalue weighted by molar-refractivity contribution is 5.96. The summed E-state index contributed by atoms with van der Waals surface area (Å²) in [5.74, 6) is -2.34. The second kappa shape index (κ2) is 7.54. The van der Waals surface area contributed by atoms with E-state index in [9.17, 15) is 24.5 Å². The van der Waals surface area contributed by atoms with E-state index in [-0.39, 0.29) is 17.0 Å². The van der Waals surface area contributed by atoms with Crippen molar-refractivity contribution in [1.29, 1.82) is 0 Å². The summed E-state index contributed by atoms with van der Waals surface area (Å²) >= 11 is 0. The highest BCUT2D eigenvalue weighted by atomic mass is 16.6. The SMILES string of the molecule is O=C(COC(=O)c1ccco1)NNC(=O)c1ccc([N+](=O)[O-])cc1. The lowest BCUT2D eigenvalue weighted by molar-refractivity contribution is -0.384. The van der Waals surface area contributed by atoms with Gasteiger partial charge in [-0.15, -0.1) is 0 Å². The van der Waals surface area contributed by atoms with E-state index in [1.807, 2.05) is 5.43 Å². The molecule has 10 nitrogen and oxygen atoms in total. The zero-order valence-electron chi connectivity index (χ0n) is 12.1. The molecule has 1 aromatic heterocycles. The van der Waals surface area contributed by atoms with E-state index in [0.29, 0.717) is 0 Å². The summed E-state index contributed by atoms with van der Waals surface area (Å²) in [5.41, 5.74) is 4.06. The molecule has 2 rings (SSSR count). The molecule has 24 heavy (non-hydrogen) atoms. The molecule has 0 unspecified atom stereocenters. The van der Waals surface area contributed by atoms with Crippen LogP contribution in [0.4, 0.5) is 5.69 Å². The molecule has 10 heteroatoms. The van der Waals surface area contributed by atoms with Gasteiger partial charge in [-0.1, -0.05) is 0 Å². The largest absolute Gasteiger partial charge is 0.457 e. The van der Waals surface area contributed by atoms with Crippen LogP contribution in [0.3, 0.4) is 0 Å². The van der Waals surface area contributed by atoms with E-state index in [0.717, 1.165) is 12.1 Å². The molecule has 2 amide bonds. The van der Waals surface area contributed by atoms with Crippen LogP contribution in [-0.2, 0) is 9.53 Å².